The summed E-state index contributed by atoms with van der Waals surface area (Å²) in [5.41, 5.74) is 5.07. The molecule has 2 rings (SSSR count). The van der Waals surface area contributed by atoms with Gasteiger partial charge in [-0.05, 0) is 40.2 Å². The molecule has 0 aliphatic heterocycles. The Bertz CT molecular complexity index is 815. The molecule has 0 bridgehead atoms. The van der Waals surface area contributed by atoms with E-state index in [4.69, 9.17) is 17.3 Å². The van der Waals surface area contributed by atoms with Crippen molar-refractivity contribution in [2.75, 3.05) is 10.5 Å². The normalized spacial score (nSPS) is 11.4. The van der Waals surface area contributed by atoms with Crippen LogP contribution in [0.3, 0.4) is 0 Å². The van der Waals surface area contributed by atoms with E-state index in [2.05, 4.69) is 15.9 Å². The largest absolute Gasteiger partial charge is 0.397 e. The molecule has 2 aromatic rings. The van der Waals surface area contributed by atoms with Crippen LogP contribution in [0.5, 0.6) is 0 Å². The zero-order valence-corrected chi connectivity index (χ0v) is 13.4. The first-order valence-electron chi connectivity index (χ1n) is 5.43. The van der Waals surface area contributed by atoms with Gasteiger partial charge in [-0.25, -0.2) is 17.2 Å². The number of benzene rings is 2. The van der Waals surface area contributed by atoms with Gasteiger partial charge in [0.1, 0.15) is 11.6 Å². The second-order valence-corrected chi connectivity index (χ2v) is 6.98. The Hall–Kier alpha value is -1.38. The number of anilines is 2. The highest BCUT2D eigenvalue weighted by atomic mass is 79.9. The van der Waals surface area contributed by atoms with Crippen LogP contribution < -0.4 is 10.5 Å². The van der Waals surface area contributed by atoms with Crippen molar-refractivity contribution in [2.45, 2.75) is 4.90 Å². The summed E-state index contributed by atoms with van der Waals surface area (Å²) in [5, 5.41) is 0.190. The van der Waals surface area contributed by atoms with E-state index in [1.54, 1.807) is 0 Å². The van der Waals surface area contributed by atoms with Gasteiger partial charge >= 0.3 is 0 Å². The van der Waals surface area contributed by atoms with Gasteiger partial charge in [-0.1, -0.05) is 11.6 Å². The van der Waals surface area contributed by atoms with Crippen LogP contribution in [0, 0.1) is 11.6 Å². The van der Waals surface area contributed by atoms with Gasteiger partial charge in [0.05, 0.1) is 25.8 Å². The van der Waals surface area contributed by atoms with Gasteiger partial charge in [0.15, 0.2) is 0 Å². The third kappa shape index (κ3) is 3.45. The van der Waals surface area contributed by atoms with E-state index in [-0.39, 0.29) is 20.1 Å². The Morgan fingerprint density at radius 3 is 2.43 bits per heavy atom. The molecule has 4 nitrogen and oxygen atoms in total. The maximum atomic E-state index is 13.7. The first-order chi connectivity index (χ1) is 9.70. The number of hydrogen-bond acceptors (Lipinski definition) is 3. The lowest BCUT2D eigenvalue weighted by atomic mass is 10.3. The molecule has 0 aromatic heterocycles. The molecular formula is C12H8BrClF2N2O2S. The number of nitrogens with one attached hydrogen (secondary N) is 1. The van der Waals surface area contributed by atoms with E-state index in [0.717, 1.165) is 18.2 Å². The topological polar surface area (TPSA) is 72.2 Å². The number of halogens is 4. The van der Waals surface area contributed by atoms with Crippen molar-refractivity contribution >= 4 is 48.9 Å². The maximum absolute atomic E-state index is 13.7. The van der Waals surface area contributed by atoms with Gasteiger partial charge < -0.3 is 5.73 Å². The van der Waals surface area contributed by atoms with Crippen molar-refractivity contribution in [1.29, 1.82) is 0 Å². The first-order valence-corrected chi connectivity index (χ1v) is 8.08. The number of rotatable bonds is 3. The number of hydrogen-bond donors (Lipinski definition) is 2. The predicted molar refractivity (Wildman–Crippen MR) is 80.7 cm³/mol. The molecule has 112 valence electrons. The van der Waals surface area contributed by atoms with Crippen LogP contribution in [0.1, 0.15) is 0 Å². The summed E-state index contributed by atoms with van der Waals surface area (Å²) in [6, 6.07) is 5.18. The maximum Gasteiger partial charge on any atom is 0.262 e. The predicted octanol–water partition coefficient (Wildman–Crippen LogP) is 3.76. The Morgan fingerprint density at radius 2 is 1.81 bits per heavy atom. The van der Waals surface area contributed by atoms with Crippen molar-refractivity contribution in [2.24, 2.45) is 0 Å². The highest BCUT2D eigenvalue weighted by Gasteiger charge is 2.18. The zero-order valence-electron chi connectivity index (χ0n) is 10.2. The molecule has 0 unspecified atom stereocenters. The van der Waals surface area contributed by atoms with E-state index < -0.39 is 27.3 Å². The zero-order chi connectivity index (χ0) is 15.8. The monoisotopic (exact) mass is 396 g/mol. The van der Waals surface area contributed by atoms with E-state index >= 15 is 0 Å². The molecule has 0 saturated carbocycles. The molecule has 21 heavy (non-hydrogen) atoms. The van der Waals surface area contributed by atoms with Gasteiger partial charge in [-0.3, -0.25) is 4.72 Å². The molecule has 0 heterocycles. The van der Waals surface area contributed by atoms with Crippen LogP contribution in [0.25, 0.3) is 0 Å². The first kappa shape index (κ1) is 16.0. The lowest BCUT2D eigenvalue weighted by Gasteiger charge is -2.10. The second kappa shape index (κ2) is 5.78. The van der Waals surface area contributed by atoms with E-state index in [0.29, 0.717) is 0 Å². The summed E-state index contributed by atoms with van der Waals surface area (Å²) >= 11 is 8.50. The molecule has 0 spiro atoms. The average Bonchev–Trinajstić information content (AvgIpc) is 2.39. The van der Waals surface area contributed by atoms with Gasteiger partial charge in [0, 0.05) is 6.07 Å². The highest BCUT2D eigenvalue weighted by Crippen LogP contribution is 2.27. The van der Waals surface area contributed by atoms with E-state index in [1.165, 1.54) is 12.1 Å². The summed E-state index contributed by atoms with van der Waals surface area (Å²) in [6.07, 6.45) is 0. The van der Waals surface area contributed by atoms with Gasteiger partial charge in [0.2, 0.25) is 0 Å². The van der Waals surface area contributed by atoms with Crippen LogP contribution >= 0.6 is 27.5 Å². The highest BCUT2D eigenvalue weighted by molar-refractivity contribution is 9.10. The fourth-order valence-electron chi connectivity index (χ4n) is 1.49. The van der Waals surface area contributed by atoms with Crippen LogP contribution in [0.4, 0.5) is 20.2 Å². The Morgan fingerprint density at radius 1 is 1.14 bits per heavy atom. The lowest BCUT2D eigenvalue weighted by Crippen LogP contribution is -2.14. The molecule has 0 aliphatic rings. The SMILES string of the molecule is Nc1cc(S(=O)(=O)Nc2cc(F)c(Br)cc2F)ccc1Cl. The molecule has 3 N–H and O–H groups in total. The van der Waals surface area contributed by atoms with Crippen LogP contribution in [0.15, 0.2) is 39.7 Å². The van der Waals surface area contributed by atoms with Crippen LogP contribution in [-0.2, 0) is 10.0 Å². The van der Waals surface area contributed by atoms with Crippen LogP contribution in [-0.4, -0.2) is 8.42 Å². The molecule has 2 aromatic carbocycles. The molecule has 0 saturated heterocycles. The van der Waals surface area contributed by atoms with Crippen molar-refractivity contribution in [3.8, 4) is 0 Å². The Kier molecular flexibility index (Phi) is 4.40. The number of sulfonamides is 1. The van der Waals surface area contributed by atoms with E-state index in [9.17, 15) is 17.2 Å². The van der Waals surface area contributed by atoms with Crippen molar-refractivity contribution in [3.05, 3.63) is 51.5 Å². The molecule has 0 amide bonds. The fraction of sp³-hybridized carbons (Fsp3) is 0. The molecule has 0 atom stereocenters. The molecular weight excluding hydrogens is 390 g/mol. The quantitative estimate of drug-likeness (QED) is 0.612. The lowest BCUT2D eigenvalue weighted by molar-refractivity contribution is 0.592. The summed E-state index contributed by atoms with van der Waals surface area (Å²) in [7, 11) is -4.12. The smallest absolute Gasteiger partial charge is 0.262 e. The molecule has 9 heteroatoms. The summed E-state index contributed by atoms with van der Waals surface area (Å²) in [4.78, 5) is -0.216. The van der Waals surface area contributed by atoms with Crippen molar-refractivity contribution in [3.63, 3.8) is 0 Å². The second-order valence-electron chi connectivity index (χ2n) is 4.03. The van der Waals surface area contributed by atoms with Gasteiger partial charge in [0.25, 0.3) is 10.0 Å². The fourth-order valence-corrected chi connectivity index (χ4v) is 3.02. The van der Waals surface area contributed by atoms with E-state index in [1.807, 2.05) is 4.72 Å². The number of nitrogen functional groups attached to an aromatic ring is 1. The summed E-state index contributed by atoms with van der Waals surface area (Å²) in [5.74, 6) is -1.72. The Labute approximate surface area is 133 Å². The molecule has 0 fully saturated rings. The third-order valence-electron chi connectivity index (χ3n) is 2.53. The van der Waals surface area contributed by atoms with Crippen LogP contribution in [0.2, 0.25) is 5.02 Å². The summed E-state index contributed by atoms with van der Waals surface area (Å²) in [6.45, 7) is 0. The average molecular weight is 398 g/mol. The molecule has 0 aliphatic carbocycles. The standard InChI is InChI=1S/C12H8BrClF2N2O2S/c13-7-4-10(16)12(5-9(7)15)18-21(19,20)6-1-2-8(14)11(17)3-6/h1-5,18H,17H2. The van der Waals surface area contributed by atoms with Gasteiger partial charge in [-0.15, -0.1) is 0 Å². The number of nitrogens with two attached hydrogens (primary N) is 1. The third-order valence-corrected chi connectivity index (χ3v) is 4.85. The summed E-state index contributed by atoms with van der Waals surface area (Å²) < 4.78 is 53.1. The van der Waals surface area contributed by atoms with Gasteiger partial charge in [-0.2, -0.15) is 0 Å². The Balaban J connectivity index is 2.42. The van der Waals surface area contributed by atoms with Crippen molar-refractivity contribution < 1.29 is 17.2 Å². The minimum Gasteiger partial charge on any atom is -0.397 e. The minimum atomic E-state index is -4.12. The minimum absolute atomic E-state index is 0.0574. The molecule has 0 radical (unpaired) electrons. The van der Waals surface area contributed by atoms with Crippen molar-refractivity contribution in [1.82, 2.24) is 0 Å².